The van der Waals surface area contributed by atoms with E-state index < -0.39 is 5.82 Å². The van der Waals surface area contributed by atoms with Crippen LogP contribution in [0.2, 0.25) is 0 Å². The Balaban J connectivity index is 2.18. The first-order valence-electron chi connectivity index (χ1n) is 6.74. The molecule has 0 aliphatic rings. The number of rotatable bonds is 7. The van der Waals surface area contributed by atoms with Crippen molar-refractivity contribution < 1.29 is 14.2 Å². The number of nitrogens with one attached hydrogen (secondary N) is 2. The Bertz CT molecular complexity index is 682. The SMILES string of the molecule is CCSCCNc1nonc1C(=Nc1ccc(F)c(Br)c1)NO. The summed E-state index contributed by atoms with van der Waals surface area (Å²) in [5.74, 6) is 1.92. The van der Waals surface area contributed by atoms with Gasteiger partial charge in [0.1, 0.15) is 5.82 Å². The Kier molecular flexibility index (Phi) is 6.81. The van der Waals surface area contributed by atoms with E-state index in [0.29, 0.717) is 18.1 Å². The van der Waals surface area contributed by atoms with Gasteiger partial charge in [0, 0.05) is 12.3 Å². The van der Waals surface area contributed by atoms with Crippen LogP contribution in [0.3, 0.4) is 0 Å². The molecule has 0 radical (unpaired) electrons. The molecule has 0 atom stereocenters. The Labute approximate surface area is 144 Å². The number of benzene rings is 1. The standard InChI is InChI=1S/C13H15BrFN5O2S/c1-2-23-6-5-16-12-11(19-22-20-12)13(18-21)17-8-3-4-10(15)9(14)7-8/h3-4,7,21H,2,5-6H2,1H3,(H,16,20)(H,17,18). The lowest BCUT2D eigenvalue weighted by atomic mass is 10.3. The molecule has 0 saturated carbocycles. The number of nitrogens with zero attached hydrogens (tertiary/aromatic N) is 3. The maximum atomic E-state index is 13.2. The molecule has 7 nitrogen and oxygen atoms in total. The monoisotopic (exact) mass is 403 g/mol. The van der Waals surface area contributed by atoms with E-state index in [4.69, 9.17) is 4.63 Å². The fourth-order valence-corrected chi connectivity index (χ4v) is 2.56. The summed E-state index contributed by atoms with van der Waals surface area (Å²) in [5.41, 5.74) is 2.61. The van der Waals surface area contributed by atoms with E-state index in [-0.39, 0.29) is 16.0 Å². The molecule has 0 bridgehead atoms. The average Bonchev–Trinajstić information content (AvgIpc) is 3.01. The average molecular weight is 404 g/mol. The fraction of sp³-hybridized carbons (Fsp3) is 0.308. The lowest BCUT2D eigenvalue weighted by Crippen LogP contribution is -2.22. The van der Waals surface area contributed by atoms with Gasteiger partial charge < -0.3 is 5.32 Å². The van der Waals surface area contributed by atoms with Crippen molar-refractivity contribution in [1.29, 1.82) is 0 Å². The van der Waals surface area contributed by atoms with Gasteiger partial charge in [-0.1, -0.05) is 6.92 Å². The van der Waals surface area contributed by atoms with Crippen LogP contribution in [0.5, 0.6) is 0 Å². The molecule has 0 saturated heterocycles. The number of thioether (sulfide) groups is 1. The molecule has 1 aromatic heterocycles. The van der Waals surface area contributed by atoms with Crippen molar-refractivity contribution in [2.45, 2.75) is 6.92 Å². The van der Waals surface area contributed by atoms with Gasteiger partial charge in [-0.3, -0.25) is 10.7 Å². The molecule has 23 heavy (non-hydrogen) atoms. The van der Waals surface area contributed by atoms with Crippen molar-refractivity contribution in [3.05, 3.63) is 34.2 Å². The topological polar surface area (TPSA) is 95.6 Å². The smallest absolute Gasteiger partial charge is 0.202 e. The minimum absolute atomic E-state index is 0.0374. The summed E-state index contributed by atoms with van der Waals surface area (Å²) in [4.78, 5) is 4.18. The van der Waals surface area contributed by atoms with Crippen LogP contribution in [-0.4, -0.2) is 39.4 Å². The zero-order chi connectivity index (χ0) is 16.7. The van der Waals surface area contributed by atoms with Crippen molar-refractivity contribution >= 4 is 45.0 Å². The summed E-state index contributed by atoms with van der Waals surface area (Å²) in [6.45, 7) is 2.75. The second-order valence-electron chi connectivity index (χ2n) is 4.26. The number of hydrogen-bond acceptors (Lipinski definition) is 7. The Morgan fingerprint density at radius 3 is 3.00 bits per heavy atom. The molecule has 0 unspecified atom stereocenters. The van der Waals surface area contributed by atoms with Crippen LogP contribution in [0, 0.1) is 5.82 Å². The van der Waals surface area contributed by atoms with Crippen molar-refractivity contribution in [2.24, 2.45) is 4.99 Å². The number of aliphatic imine (C=N–C) groups is 1. The third-order valence-corrected chi connectivity index (χ3v) is 4.21. The van der Waals surface area contributed by atoms with Gasteiger partial charge in [-0.15, -0.1) is 0 Å². The lowest BCUT2D eigenvalue weighted by Gasteiger charge is -2.05. The molecule has 0 fully saturated rings. The molecule has 0 aliphatic carbocycles. The van der Waals surface area contributed by atoms with Gasteiger partial charge in [0.15, 0.2) is 11.5 Å². The predicted molar refractivity (Wildman–Crippen MR) is 91.0 cm³/mol. The van der Waals surface area contributed by atoms with Crippen LogP contribution < -0.4 is 10.8 Å². The van der Waals surface area contributed by atoms with Gasteiger partial charge in [0.05, 0.1) is 10.2 Å². The molecule has 0 spiro atoms. The molecule has 2 rings (SSSR count). The van der Waals surface area contributed by atoms with Gasteiger partial charge in [-0.2, -0.15) is 11.8 Å². The molecular weight excluding hydrogens is 389 g/mol. The van der Waals surface area contributed by atoms with E-state index in [1.54, 1.807) is 11.8 Å². The molecule has 10 heteroatoms. The summed E-state index contributed by atoms with van der Waals surface area (Å²) in [6, 6.07) is 4.21. The van der Waals surface area contributed by atoms with Crippen molar-refractivity contribution in [1.82, 2.24) is 15.8 Å². The lowest BCUT2D eigenvalue weighted by molar-refractivity contribution is 0.234. The van der Waals surface area contributed by atoms with Crippen LogP contribution in [0.25, 0.3) is 0 Å². The molecule has 3 N–H and O–H groups in total. The summed E-state index contributed by atoms with van der Waals surface area (Å²) in [7, 11) is 0. The first-order valence-corrected chi connectivity index (χ1v) is 8.68. The maximum Gasteiger partial charge on any atom is 0.202 e. The van der Waals surface area contributed by atoms with E-state index in [2.05, 4.69) is 43.5 Å². The number of aromatic nitrogens is 2. The zero-order valence-corrected chi connectivity index (χ0v) is 14.6. The van der Waals surface area contributed by atoms with Crippen LogP contribution in [-0.2, 0) is 0 Å². The van der Waals surface area contributed by atoms with E-state index in [1.165, 1.54) is 18.2 Å². The Morgan fingerprint density at radius 2 is 2.30 bits per heavy atom. The minimum atomic E-state index is -0.402. The second-order valence-corrected chi connectivity index (χ2v) is 6.50. The van der Waals surface area contributed by atoms with Crippen molar-refractivity contribution in [2.75, 3.05) is 23.4 Å². The molecular formula is C13H15BrFN5O2S. The number of amidine groups is 1. The Hall–Kier alpha value is -1.65. The van der Waals surface area contributed by atoms with E-state index in [9.17, 15) is 9.60 Å². The molecule has 1 aromatic carbocycles. The van der Waals surface area contributed by atoms with Crippen LogP contribution in [0.15, 0.2) is 32.3 Å². The Morgan fingerprint density at radius 1 is 1.48 bits per heavy atom. The molecule has 124 valence electrons. The van der Waals surface area contributed by atoms with Crippen LogP contribution in [0.1, 0.15) is 12.6 Å². The maximum absolute atomic E-state index is 13.2. The quantitative estimate of drug-likeness (QED) is 0.282. The largest absolute Gasteiger partial charge is 0.364 e. The van der Waals surface area contributed by atoms with Gasteiger partial charge in [-0.25, -0.2) is 14.0 Å². The van der Waals surface area contributed by atoms with Crippen LogP contribution >= 0.6 is 27.7 Å². The third-order valence-electron chi connectivity index (χ3n) is 2.71. The second kappa shape index (κ2) is 8.85. The summed E-state index contributed by atoms with van der Waals surface area (Å²) in [6.07, 6.45) is 0. The minimum Gasteiger partial charge on any atom is -0.364 e. The van der Waals surface area contributed by atoms with Gasteiger partial charge in [-0.05, 0) is 50.2 Å². The van der Waals surface area contributed by atoms with Crippen molar-refractivity contribution in [3.8, 4) is 0 Å². The highest BCUT2D eigenvalue weighted by atomic mass is 79.9. The van der Waals surface area contributed by atoms with Gasteiger partial charge in [0.25, 0.3) is 0 Å². The fourth-order valence-electron chi connectivity index (χ4n) is 1.66. The van der Waals surface area contributed by atoms with E-state index in [0.717, 1.165) is 11.5 Å². The van der Waals surface area contributed by atoms with Crippen LogP contribution in [0.4, 0.5) is 15.9 Å². The van der Waals surface area contributed by atoms with E-state index in [1.807, 2.05) is 5.48 Å². The predicted octanol–water partition coefficient (Wildman–Crippen LogP) is 3.19. The number of hydroxylamine groups is 1. The molecule has 0 aliphatic heterocycles. The summed E-state index contributed by atoms with van der Waals surface area (Å²) in [5, 5.41) is 19.8. The van der Waals surface area contributed by atoms with Gasteiger partial charge >= 0.3 is 0 Å². The number of halogens is 2. The number of hydrogen-bond donors (Lipinski definition) is 3. The highest BCUT2D eigenvalue weighted by Gasteiger charge is 2.16. The normalized spacial score (nSPS) is 11.6. The molecule has 2 aromatic rings. The molecule has 0 amide bonds. The summed E-state index contributed by atoms with van der Waals surface area (Å²) >= 11 is 4.86. The molecule has 1 heterocycles. The third kappa shape index (κ3) is 4.91. The summed E-state index contributed by atoms with van der Waals surface area (Å²) < 4.78 is 18.2. The van der Waals surface area contributed by atoms with E-state index >= 15 is 0 Å². The first kappa shape index (κ1) is 17.7. The highest BCUT2D eigenvalue weighted by molar-refractivity contribution is 9.10. The highest BCUT2D eigenvalue weighted by Crippen LogP contribution is 2.23. The number of anilines is 1. The van der Waals surface area contributed by atoms with Crippen molar-refractivity contribution in [3.63, 3.8) is 0 Å². The van der Waals surface area contributed by atoms with Gasteiger partial charge in [0.2, 0.25) is 5.82 Å². The zero-order valence-electron chi connectivity index (χ0n) is 12.2. The first-order chi connectivity index (χ1) is 11.2.